The van der Waals surface area contributed by atoms with Gasteiger partial charge in [0.1, 0.15) is 0 Å². The van der Waals surface area contributed by atoms with Gasteiger partial charge in [-0.05, 0) is 80.0 Å². The fourth-order valence-corrected chi connectivity index (χ4v) is 6.59. The molecule has 132 valence electrons. The fourth-order valence-electron chi connectivity index (χ4n) is 6.59. The fraction of sp³-hybridized carbons (Fsp3) is 0.905. The standard InChI is InChI=1S/C21H36O2/c1-12-9-16-10-17(23-6)7-8-18(16)20-13(2)11-21(5,15(4)22)14(3)19(12)20/h12,14-20,22H,2,7-11H2,1,3-6H3. The molecule has 9 atom stereocenters. The molecule has 3 fully saturated rings. The lowest BCUT2D eigenvalue weighted by molar-refractivity contribution is -0.106. The van der Waals surface area contributed by atoms with E-state index in [4.69, 9.17) is 4.74 Å². The van der Waals surface area contributed by atoms with Crippen LogP contribution in [0.3, 0.4) is 0 Å². The lowest BCUT2D eigenvalue weighted by Gasteiger charge is -2.59. The molecule has 3 aliphatic carbocycles. The molecule has 0 aromatic carbocycles. The number of methoxy groups -OCH3 is 1. The zero-order valence-corrected chi connectivity index (χ0v) is 15.7. The van der Waals surface area contributed by atoms with Gasteiger partial charge in [-0.15, -0.1) is 0 Å². The van der Waals surface area contributed by atoms with E-state index in [9.17, 15) is 5.11 Å². The molecule has 0 aromatic rings. The summed E-state index contributed by atoms with van der Waals surface area (Å²) >= 11 is 0. The molecule has 2 heteroatoms. The summed E-state index contributed by atoms with van der Waals surface area (Å²) in [5.41, 5.74) is 1.41. The first-order valence-corrected chi connectivity index (χ1v) is 9.68. The maximum absolute atomic E-state index is 10.4. The summed E-state index contributed by atoms with van der Waals surface area (Å²) in [5, 5.41) is 10.4. The minimum absolute atomic E-state index is 0.0108. The van der Waals surface area contributed by atoms with E-state index in [-0.39, 0.29) is 11.5 Å². The molecule has 0 heterocycles. The maximum atomic E-state index is 10.4. The highest BCUT2D eigenvalue weighted by molar-refractivity contribution is 5.19. The second-order valence-corrected chi connectivity index (χ2v) is 9.22. The third-order valence-electron chi connectivity index (χ3n) is 8.19. The molecule has 0 bridgehead atoms. The molecular formula is C21H36O2. The lowest BCUT2D eigenvalue weighted by Crippen LogP contribution is -2.54. The van der Waals surface area contributed by atoms with Gasteiger partial charge in [0.25, 0.3) is 0 Å². The van der Waals surface area contributed by atoms with E-state index in [1.165, 1.54) is 31.3 Å². The molecule has 0 radical (unpaired) electrons. The Labute approximate surface area is 142 Å². The third kappa shape index (κ3) is 2.70. The van der Waals surface area contributed by atoms with E-state index in [0.717, 1.165) is 24.2 Å². The Kier molecular flexibility index (Phi) is 4.70. The molecule has 0 spiro atoms. The number of hydrogen-bond donors (Lipinski definition) is 1. The minimum Gasteiger partial charge on any atom is -0.393 e. The average molecular weight is 321 g/mol. The number of aliphatic hydroxyl groups excluding tert-OH is 1. The van der Waals surface area contributed by atoms with E-state index < -0.39 is 0 Å². The van der Waals surface area contributed by atoms with Gasteiger partial charge >= 0.3 is 0 Å². The Bertz CT molecular complexity index is 457. The van der Waals surface area contributed by atoms with Crippen molar-refractivity contribution in [2.45, 2.75) is 72.0 Å². The largest absolute Gasteiger partial charge is 0.393 e. The van der Waals surface area contributed by atoms with Gasteiger partial charge in [0, 0.05) is 7.11 Å². The molecular weight excluding hydrogens is 284 g/mol. The SMILES string of the molecule is C=C1CC(C)(C(C)O)C(C)C2C(C)CC3CC(OC)CCC3C12. The van der Waals surface area contributed by atoms with Gasteiger partial charge in [-0.2, -0.15) is 0 Å². The summed E-state index contributed by atoms with van der Waals surface area (Å²) in [6, 6.07) is 0. The normalized spacial score (nSPS) is 51.7. The van der Waals surface area contributed by atoms with Crippen LogP contribution in [0.5, 0.6) is 0 Å². The Morgan fingerprint density at radius 1 is 1.26 bits per heavy atom. The molecule has 0 aliphatic heterocycles. The number of hydrogen-bond acceptors (Lipinski definition) is 2. The molecule has 1 N–H and O–H groups in total. The molecule has 0 saturated heterocycles. The van der Waals surface area contributed by atoms with Gasteiger partial charge in [0.2, 0.25) is 0 Å². The van der Waals surface area contributed by atoms with E-state index in [2.05, 4.69) is 27.4 Å². The van der Waals surface area contributed by atoms with Crippen LogP contribution in [0.25, 0.3) is 0 Å². The molecule has 3 rings (SSSR count). The van der Waals surface area contributed by atoms with Gasteiger partial charge in [0.05, 0.1) is 12.2 Å². The van der Waals surface area contributed by atoms with Crippen molar-refractivity contribution in [1.29, 1.82) is 0 Å². The second-order valence-electron chi connectivity index (χ2n) is 9.22. The van der Waals surface area contributed by atoms with Crippen molar-refractivity contribution in [2.75, 3.05) is 7.11 Å². The van der Waals surface area contributed by atoms with Crippen molar-refractivity contribution < 1.29 is 9.84 Å². The van der Waals surface area contributed by atoms with E-state index in [1.807, 2.05) is 14.0 Å². The van der Waals surface area contributed by atoms with Crippen molar-refractivity contribution in [3.63, 3.8) is 0 Å². The highest BCUT2D eigenvalue weighted by Gasteiger charge is 2.55. The molecule has 9 unspecified atom stereocenters. The summed E-state index contributed by atoms with van der Waals surface area (Å²) in [4.78, 5) is 0. The monoisotopic (exact) mass is 320 g/mol. The van der Waals surface area contributed by atoms with Gasteiger partial charge in [0.15, 0.2) is 0 Å². The maximum Gasteiger partial charge on any atom is 0.0574 e. The zero-order valence-electron chi connectivity index (χ0n) is 15.7. The van der Waals surface area contributed by atoms with Gasteiger partial charge in [-0.25, -0.2) is 0 Å². The van der Waals surface area contributed by atoms with Crippen LogP contribution in [0.15, 0.2) is 12.2 Å². The number of fused-ring (bicyclic) bond motifs is 3. The third-order valence-corrected chi connectivity index (χ3v) is 8.19. The Hall–Kier alpha value is -0.340. The van der Waals surface area contributed by atoms with Crippen molar-refractivity contribution in [3.05, 3.63) is 12.2 Å². The van der Waals surface area contributed by atoms with Crippen LogP contribution in [-0.4, -0.2) is 24.4 Å². The molecule has 0 aromatic heterocycles. The summed E-state index contributed by atoms with van der Waals surface area (Å²) in [6.07, 6.45) is 6.29. The Morgan fingerprint density at radius 3 is 2.57 bits per heavy atom. The summed E-state index contributed by atoms with van der Waals surface area (Å²) in [6.45, 7) is 13.6. The van der Waals surface area contributed by atoms with Crippen LogP contribution >= 0.6 is 0 Å². The van der Waals surface area contributed by atoms with E-state index in [0.29, 0.717) is 23.9 Å². The van der Waals surface area contributed by atoms with Crippen LogP contribution in [-0.2, 0) is 4.74 Å². The molecule has 0 amide bonds. The predicted octanol–water partition coefficient (Wildman–Crippen LogP) is 4.67. The smallest absolute Gasteiger partial charge is 0.0574 e. The van der Waals surface area contributed by atoms with Crippen LogP contribution in [0.4, 0.5) is 0 Å². The number of aliphatic hydroxyl groups is 1. The van der Waals surface area contributed by atoms with Crippen LogP contribution < -0.4 is 0 Å². The highest BCUT2D eigenvalue weighted by atomic mass is 16.5. The van der Waals surface area contributed by atoms with Crippen LogP contribution in [0.2, 0.25) is 0 Å². The van der Waals surface area contributed by atoms with Crippen molar-refractivity contribution >= 4 is 0 Å². The van der Waals surface area contributed by atoms with E-state index in [1.54, 1.807) is 0 Å². The number of rotatable bonds is 2. The first-order valence-electron chi connectivity index (χ1n) is 9.68. The van der Waals surface area contributed by atoms with Crippen molar-refractivity contribution in [2.24, 2.45) is 40.9 Å². The van der Waals surface area contributed by atoms with Crippen LogP contribution in [0, 0.1) is 40.9 Å². The van der Waals surface area contributed by atoms with Gasteiger partial charge in [-0.1, -0.05) is 32.9 Å². The number of ether oxygens (including phenoxy) is 1. The van der Waals surface area contributed by atoms with E-state index >= 15 is 0 Å². The topological polar surface area (TPSA) is 29.5 Å². The number of allylic oxidation sites excluding steroid dienone is 1. The first-order chi connectivity index (χ1) is 10.8. The minimum atomic E-state index is -0.260. The first kappa shape index (κ1) is 17.5. The molecule has 2 nitrogen and oxygen atoms in total. The summed E-state index contributed by atoms with van der Waals surface area (Å²) in [5.74, 6) is 4.26. The molecule has 3 aliphatic rings. The molecule has 23 heavy (non-hydrogen) atoms. The second kappa shape index (κ2) is 6.19. The van der Waals surface area contributed by atoms with Gasteiger partial charge in [-0.3, -0.25) is 0 Å². The lowest BCUT2D eigenvalue weighted by atomic mass is 9.46. The summed E-state index contributed by atoms with van der Waals surface area (Å²) < 4.78 is 5.67. The Balaban J connectivity index is 1.89. The Morgan fingerprint density at radius 2 is 1.96 bits per heavy atom. The summed E-state index contributed by atoms with van der Waals surface area (Å²) in [7, 11) is 1.87. The molecule has 3 saturated carbocycles. The predicted molar refractivity (Wildman–Crippen MR) is 95.1 cm³/mol. The quantitative estimate of drug-likeness (QED) is 0.749. The highest BCUT2D eigenvalue weighted by Crippen LogP contribution is 2.61. The zero-order chi connectivity index (χ0) is 16.9. The van der Waals surface area contributed by atoms with Gasteiger partial charge < -0.3 is 9.84 Å². The average Bonchev–Trinajstić information content (AvgIpc) is 2.50. The van der Waals surface area contributed by atoms with Crippen molar-refractivity contribution in [1.82, 2.24) is 0 Å². The van der Waals surface area contributed by atoms with Crippen molar-refractivity contribution in [3.8, 4) is 0 Å². The van der Waals surface area contributed by atoms with Crippen LogP contribution in [0.1, 0.15) is 59.8 Å².